The Kier molecular flexibility index (Phi) is 10.3. The first kappa shape index (κ1) is 35.1. The Bertz CT molecular complexity index is 2300. The molecule has 6 rings (SSSR count). The number of para-hydroxylation sites is 1. The Labute approximate surface area is 298 Å². The van der Waals surface area contributed by atoms with E-state index in [-0.39, 0.29) is 22.6 Å². The molecule has 0 unspecified atom stereocenters. The molecule has 0 spiro atoms. The number of carbonyl (C=O) groups excluding carboxylic acids is 2. The fraction of sp³-hybridized carbons (Fsp3) is 0.256. The second-order valence-electron chi connectivity index (χ2n) is 12.3. The fourth-order valence-electron chi connectivity index (χ4n) is 5.79. The zero-order chi connectivity index (χ0) is 36.2. The van der Waals surface area contributed by atoms with E-state index in [4.69, 9.17) is 24.0 Å². The van der Waals surface area contributed by atoms with Crippen molar-refractivity contribution in [2.75, 3.05) is 20.8 Å². The average molecular weight is 707 g/mol. The van der Waals surface area contributed by atoms with Crippen molar-refractivity contribution in [2.45, 2.75) is 40.2 Å². The van der Waals surface area contributed by atoms with Crippen LogP contribution in [-0.2, 0) is 14.3 Å². The van der Waals surface area contributed by atoms with E-state index in [1.54, 1.807) is 35.9 Å². The molecule has 0 bridgehead atoms. The van der Waals surface area contributed by atoms with Crippen LogP contribution in [0.25, 0.3) is 23.0 Å². The van der Waals surface area contributed by atoms with Crippen LogP contribution in [0.4, 0.5) is 0 Å². The van der Waals surface area contributed by atoms with Crippen molar-refractivity contribution < 1.29 is 28.5 Å². The third-order valence-corrected chi connectivity index (χ3v) is 9.31. The van der Waals surface area contributed by atoms with Crippen LogP contribution in [0.5, 0.6) is 17.2 Å². The fourth-order valence-corrected chi connectivity index (χ4v) is 6.83. The molecular weight excluding hydrogens is 669 g/mol. The Balaban J connectivity index is 1.49. The maximum atomic E-state index is 14.4. The Morgan fingerprint density at radius 2 is 1.75 bits per heavy atom. The molecule has 1 aliphatic rings. The van der Waals surface area contributed by atoms with Crippen LogP contribution in [0, 0.1) is 5.92 Å². The summed E-state index contributed by atoms with van der Waals surface area (Å²) in [6, 6.07) is 21.5. The van der Waals surface area contributed by atoms with Gasteiger partial charge in [0.1, 0.15) is 11.4 Å². The maximum Gasteiger partial charge on any atom is 0.338 e. The van der Waals surface area contributed by atoms with Crippen LogP contribution >= 0.6 is 11.3 Å². The van der Waals surface area contributed by atoms with Crippen molar-refractivity contribution in [2.24, 2.45) is 10.9 Å². The minimum absolute atomic E-state index is 0.201. The molecule has 0 N–H and O–H groups in total. The smallest absolute Gasteiger partial charge is 0.338 e. The lowest BCUT2D eigenvalue weighted by Gasteiger charge is -2.25. The first-order valence-corrected chi connectivity index (χ1v) is 17.2. The number of hydrogen-bond donors (Lipinski definition) is 0. The van der Waals surface area contributed by atoms with Gasteiger partial charge in [0.15, 0.2) is 16.3 Å². The summed E-state index contributed by atoms with van der Waals surface area (Å²) in [6.45, 7) is 7.95. The molecular formula is C39H38N4O7S. The molecule has 0 amide bonds. The Hall–Kier alpha value is -5.75. The number of thiazole rings is 1. The van der Waals surface area contributed by atoms with Gasteiger partial charge in [-0.25, -0.2) is 14.5 Å². The highest BCUT2D eigenvalue weighted by molar-refractivity contribution is 7.07. The number of hydrogen-bond acceptors (Lipinski definition) is 10. The van der Waals surface area contributed by atoms with Gasteiger partial charge >= 0.3 is 11.9 Å². The molecule has 0 fully saturated rings. The second-order valence-corrected chi connectivity index (χ2v) is 13.4. The maximum absolute atomic E-state index is 14.4. The van der Waals surface area contributed by atoms with Crippen molar-refractivity contribution in [3.8, 4) is 34.2 Å². The molecule has 0 aliphatic carbocycles. The number of methoxy groups -OCH3 is 2. The number of allylic oxidation sites excluding steroid dienone is 1. The number of ether oxygens (including phenoxy) is 4. The van der Waals surface area contributed by atoms with Crippen LogP contribution in [0.2, 0.25) is 0 Å². The molecule has 2 aromatic heterocycles. The highest BCUT2D eigenvalue weighted by atomic mass is 32.1. The van der Waals surface area contributed by atoms with Crippen molar-refractivity contribution in [3.05, 3.63) is 121 Å². The van der Waals surface area contributed by atoms with Crippen molar-refractivity contribution in [1.82, 2.24) is 14.3 Å². The number of nitrogens with zero attached hydrogens (tertiary/aromatic N) is 4. The number of fused-ring (bicyclic) bond motifs is 1. The monoisotopic (exact) mass is 706 g/mol. The quantitative estimate of drug-likeness (QED) is 0.128. The number of aromatic nitrogens is 3. The predicted molar refractivity (Wildman–Crippen MR) is 194 cm³/mol. The standard InChI is InChI=1S/C39H38N4O7S/c1-23(2)18-19-49-30-15-12-26(13-16-30)35-28(22-42(41-35)29-10-8-7-9-11-29)21-33-37(45)43-36(34(38(46)48-6)24(3)40-39(43)51-33)27-14-17-31(50-25(4)44)32(20-27)47-5/h7-17,20-23,36H,18-19H2,1-6H3/b33-21-/t36-/m1/s1. The summed E-state index contributed by atoms with van der Waals surface area (Å²) >= 11 is 1.21. The van der Waals surface area contributed by atoms with Gasteiger partial charge < -0.3 is 18.9 Å². The Morgan fingerprint density at radius 1 is 1.00 bits per heavy atom. The van der Waals surface area contributed by atoms with E-state index in [9.17, 15) is 14.4 Å². The molecule has 3 aromatic carbocycles. The van der Waals surface area contributed by atoms with Crippen LogP contribution < -0.4 is 29.1 Å². The molecule has 262 valence electrons. The second kappa shape index (κ2) is 15.0. The minimum Gasteiger partial charge on any atom is -0.494 e. The summed E-state index contributed by atoms with van der Waals surface area (Å²) in [5.74, 6) is 0.646. The molecule has 1 aliphatic heterocycles. The predicted octanol–water partition coefficient (Wildman–Crippen LogP) is 5.62. The summed E-state index contributed by atoms with van der Waals surface area (Å²) in [7, 11) is 2.73. The lowest BCUT2D eigenvalue weighted by atomic mass is 9.95. The number of rotatable bonds is 11. The van der Waals surface area contributed by atoms with Gasteiger partial charge in [-0.15, -0.1) is 0 Å². The molecule has 0 radical (unpaired) electrons. The number of carbonyl (C=O) groups is 2. The highest BCUT2D eigenvalue weighted by Crippen LogP contribution is 2.36. The summed E-state index contributed by atoms with van der Waals surface area (Å²) < 4.78 is 25.6. The minimum atomic E-state index is -0.897. The lowest BCUT2D eigenvalue weighted by Crippen LogP contribution is -2.39. The summed E-state index contributed by atoms with van der Waals surface area (Å²) in [4.78, 5) is 44.4. The van der Waals surface area contributed by atoms with Gasteiger partial charge in [0, 0.05) is 24.2 Å². The molecule has 1 atom stereocenters. The topological polar surface area (TPSA) is 123 Å². The summed E-state index contributed by atoms with van der Waals surface area (Å²) in [5.41, 5.74) is 3.89. The Morgan fingerprint density at radius 3 is 2.41 bits per heavy atom. The van der Waals surface area contributed by atoms with E-state index in [0.29, 0.717) is 44.4 Å². The van der Waals surface area contributed by atoms with Gasteiger partial charge in [-0.1, -0.05) is 49.4 Å². The van der Waals surface area contributed by atoms with Gasteiger partial charge in [-0.3, -0.25) is 14.2 Å². The van der Waals surface area contributed by atoms with E-state index in [0.717, 1.165) is 23.4 Å². The van der Waals surface area contributed by atoms with E-state index < -0.39 is 18.0 Å². The zero-order valence-corrected chi connectivity index (χ0v) is 30.0. The van der Waals surface area contributed by atoms with Gasteiger partial charge in [0.05, 0.1) is 48.4 Å². The van der Waals surface area contributed by atoms with E-state index in [1.807, 2.05) is 60.8 Å². The van der Waals surface area contributed by atoms with Crippen molar-refractivity contribution >= 4 is 29.4 Å². The highest BCUT2D eigenvalue weighted by Gasteiger charge is 2.34. The van der Waals surface area contributed by atoms with Gasteiger partial charge in [-0.2, -0.15) is 5.10 Å². The number of benzene rings is 3. The normalized spacial score (nSPS) is 14.3. The van der Waals surface area contributed by atoms with Crippen LogP contribution in [0.15, 0.2) is 100 Å². The average Bonchev–Trinajstić information content (AvgIpc) is 3.68. The molecule has 12 heteroatoms. The van der Waals surface area contributed by atoms with E-state index in [2.05, 4.69) is 18.8 Å². The van der Waals surface area contributed by atoms with E-state index in [1.165, 1.54) is 37.0 Å². The van der Waals surface area contributed by atoms with Crippen LogP contribution in [0.3, 0.4) is 0 Å². The molecule has 0 saturated heterocycles. The molecule has 3 heterocycles. The largest absolute Gasteiger partial charge is 0.494 e. The molecule has 0 saturated carbocycles. The first-order valence-electron chi connectivity index (χ1n) is 16.4. The van der Waals surface area contributed by atoms with E-state index >= 15 is 0 Å². The van der Waals surface area contributed by atoms with Gasteiger partial charge in [0.2, 0.25) is 0 Å². The molecule has 51 heavy (non-hydrogen) atoms. The summed E-state index contributed by atoms with van der Waals surface area (Å²) in [5, 5.41) is 4.94. The molecule has 11 nitrogen and oxygen atoms in total. The third kappa shape index (κ3) is 7.41. The summed E-state index contributed by atoms with van der Waals surface area (Å²) in [6.07, 6.45) is 4.65. The zero-order valence-electron chi connectivity index (χ0n) is 29.2. The SMILES string of the molecule is COC(=O)C1=C(C)N=c2s/c(=C\c3cn(-c4ccccc4)nc3-c3ccc(OCCC(C)C)cc3)c(=O)n2[C@@H]1c1ccc(OC(C)=O)c(OC)c1. The lowest BCUT2D eigenvalue weighted by molar-refractivity contribution is -0.136. The number of esters is 2. The first-order chi connectivity index (χ1) is 24.6. The van der Waals surface area contributed by atoms with Crippen LogP contribution in [0.1, 0.15) is 51.3 Å². The van der Waals surface area contributed by atoms with Gasteiger partial charge in [-0.05, 0) is 79.4 Å². The van der Waals surface area contributed by atoms with Gasteiger partial charge in [0.25, 0.3) is 5.56 Å². The van der Waals surface area contributed by atoms with Crippen molar-refractivity contribution in [3.63, 3.8) is 0 Å². The van der Waals surface area contributed by atoms with Crippen LogP contribution in [-0.4, -0.2) is 47.1 Å². The molecule has 5 aromatic rings. The van der Waals surface area contributed by atoms with Crippen molar-refractivity contribution in [1.29, 1.82) is 0 Å². The third-order valence-electron chi connectivity index (χ3n) is 8.33.